The smallest absolute Gasteiger partial charge is 0.227 e. The maximum Gasteiger partial charge on any atom is 0.227 e. The van der Waals surface area contributed by atoms with E-state index >= 15 is 0 Å². The molecule has 0 atom stereocenters. The van der Waals surface area contributed by atoms with Crippen LogP contribution in [-0.4, -0.2) is 27.7 Å². The first kappa shape index (κ1) is 16.2. The van der Waals surface area contributed by atoms with E-state index in [9.17, 15) is 4.79 Å². The summed E-state index contributed by atoms with van der Waals surface area (Å²) in [6, 6.07) is 11.3. The summed E-state index contributed by atoms with van der Waals surface area (Å²) in [6.07, 6.45) is 8.03. The molecule has 24 heavy (non-hydrogen) atoms. The number of hydrogen-bond acceptors (Lipinski definition) is 3. The maximum atomic E-state index is 12.4. The van der Waals surface area contributed by atoms with Crippen LogP contribution in [0.4, 0.5) is 5.69 Å². The second kappa shape index (κ2) is 7.27. The van der Waals surface area contributed by atoms with Crippen LogP contribution >= 0.6 is 11.6 Å². The molecule has 122 valence electrons. The average molecular weight is 341 g/mol. The number of halogens is 1. The number of aromatic nitrogens is 3. The van der Waals surface area contributed by atoms with Crippen LogP contribution < -0.4 is 4.90 Å². The van der Waals surface area contributed by atoms with Gasteiger partial charge in [-0.3, -0.25) is 9.78 Å². The highest BCUT2D eigenvalue weighted by Gasteiger charge is 2.13. The van der Waals surface area contributed by atoms with Crippen molar-refractivity contribution in [3.63, 3.8) is 0 Å². The zero-order valence-electron chi connectivity index (χ0n) is 13.3. The van der Waals surface area contributed by atoms with Crippen molar-refractivity contribution >= 4 is 23.2 Å². The van der Waals surface area contributed by atoms with Crippen LogP contribution in [0, 0.1) is 0 Å². The molecule has 3 rings (SSSR count). The molecule has 1 aromatic carbocycles. The van der Waals surface area contributed by atoms with Gasteiger partial charge < -0.3 is 4.90 Å². The molecule has 1 amide bonds. The van der Waals surface area contributed by atoms with Gasteiger partial charge in [-0.25, -0.2) is 4.68 Å². The van der Waals surface area contributed by atoms with Crippen molar-refractivity contribution in [3.8, 4) is 5.69 Å². The van der Waals surface area contributed by atoms with Crippen LogP contribution in [0.2, 0.25) is 5.02 Å². The minimum absolute atomic E-state index is 0.0410. The third-order valence-electron chi connectivity index (χ3n) is 3.80. The third kappa shape index (κ3) is 3.81. The Bertz CT molecular complexity index is 815. The lowest BCUT2D eigenvalue weighted by molar-refractivity contribution is -0.118. The highest BCUT2D eigenvalue weighted by Crippen LogP contribution is 2.16. The van der Waals surface area contributed by atoms with E-state index in [0.717, 1.165) is 16.9 Å². The lowest BCUT2D eigenvalue weighted by Crippen LogP contribution is -2.26. The standard InChI is InChI=1S/C18H17ClN4O/c1-22(18(24)7-4-14-2-5-15(19)6-3-14)17-12-21-23(13-17)16-8-10-20-11-9-16/h2-3,5-6,8-13H,4,7H2,1H3. The molecule has 0 N–H and O–H groups in total. The number of anilines is 1. The molecule has 0 spiro atoms. The Balaban J connectivity index is 1.63. The van der Waals surface area contributed by atoms with E-state index in [1.165, 1.54) is 0 Å². The predicted molar refractivity (Wildman–Crippen MR) is 94.5 cm³/mol. The van der Waals surface area contributed by atoms with E-state index in [2.05, 4.69) is 10.1 Å². The van der Waals surface area contributed by atoms with Gasteiger partial charge in [-0.15, -0.1) is 0 Å². The van der Waals surface area contributed by atoms with E-state index in [-0.39, 0.29) is 5.91 Å². The zero-order valence-corrected chi connectivity index (χ0v) is 14.0. The first-order valence-electron chi connectivity index (χ1n) is 7.59. The third-order valence-corrected chi connectivity index (χ3v) is 4.05. The van der Waals surface area contributed by atoms with E-state index in [1.54, 1.807) is 35.2 Å². The number of benzene rings is 1. The van der Waals surface area contributed by atoms with Crippen molar-refractivity contribution in [3.05, 3.63) is 71.8 Å². The molecule has 0 bridgehead atoms. The first-order valence-corrected chi connectivity index (χ1v) is 7.97. The fourth-order valence-electron chi connectivity index (χ4n) is 2.34. The van der Waals surface area contributed by atoms with Gasteiger partial charge >= 0.3 is 0 Å². The normalized spacial score (nSPS) is 10.6. The summed E-state index contributed by atoms with van der Waals surface area (Å²) in [5.74, 6) is 0.0410. The maximum absolute atomic E-state index is 12.4. The number of nitrogens with zero attached hydrogens (tertiary/aromatic N) is 4. The summed E-state index contributed by atoms with van der Waals surface area (Å²) in [5.41, 5.74) is 2.75. The number of carbonyl (C=O) groups excluding carboxylic acids is 1. The Hall–Kier alpha value is -2.66. The van der Waals surface area contributed by atoms with Gasteiger partial charge in [0.25, 0.3) is 0 Å². The van der Waals surface area contributed by atoms with Gasteiger partial charge in [0.15, 0.2) is 0 Å². The highest BCUT2D eigenvalue weighted by atomic mass is 35.5. The molecular formula is C18H17ClN4O. The summed E-state index contributed by atoms with van der Waals surface area (Å²) in [6.45, 7) is 0. The molecule has 0 radical (unpaired) electrons. The summed E-state index contributed by atoms with van der Waals surface area (Å²) in [5, 5.41) is 5.00. The Morgan fingerprint density at radius 2 is 1.88 bits per heavy atom. The predicted octanol–water partition coefficient (Wildman–Crippen LogP) is 3.52. The SMILES string of the molecule is CN(C(=O)CCc1ccc(Cl)cc1)c1cnn(-c2ccncc2)c1. The van der Waals surface area contributed by atoms with E-state index in [0.29, 0.717) is 17.9 Å². The number of aryl methyl sites for hydroxylation is 1. The van der Waals surface area contributed by atoms with Crippen molar-refractivity contribution in [1.82, 2.24) is 14.8 Å². The number of rotatable bonds is 5. The zero-order chi connectivity index (χ0) is 16.9. The topological polar surface area (TPSA) is 51.0 Å². The summed E-state index contributed by atoms with van der Waals surface area (Å²) < 4.78 is 1.72. The van der Waals surface area contributed by atoms with Gasteiger partial charge in [-0.1, -0.05) is 23.7 Å². The molecule has 0 aliphatic heterocycles. The molecular weight excluding hydrogens is 324 g/mol. The molecule has 0 aliphatic carbocycles. The van der Waals surface area contributed by atoms with E-state index in [1.807, 2.05) is 42.6 Å². The Morgan fingerprint density at radius 3 is 2.58 bits per heavy atom. The molecule has 2 heterocycles. The Morgan fingerprint density at radius 1 is 1.17 bits per heavy atom. The monoisotopic (exact) mass is 340 g/mol. The summed E-state index contributed by atoms with van der Waals surface area (Å²) in [7, 11) is 1.76. The van der Waals surface area contributed by atoms with Crippen molar-refractivity contribution in [2.45, 2.75) is 12.8 Å². The second-order valence-corrected chi connectivity index (χ2v) is 5.86. The van der Waals surface area contributed by atoms with Gasteiger partial charge in [0.05, 0.1) is 23.8 Å². The fraction of sp³-hybridized carbons (Fsp3) is 0.167. The van der Waals surface area contributed by atoms with E-state index < -0.39 is 0 Å². The largest absolute Gasteiger partial charge is 0.313 e. The van der Waals surface area contributed by atoms with Crippen molar-refractivity contribution < 1.29 is 4.79 Å². The number of pyridine rings is 1. The minimum atomic E-state index is 0.0410. The van der Waals surface area contributed by atoms with Gasteiger partial charge in [0.2, 0.25) is 5.91 Å². The van der Waals surface area contributed by atoms with Gasteiger partial charge in [-0.05, 0) is 36.2 Å². The van der Waals surface area contributed by atoms with E-state index in [4.69, 9.17) is 11.6 Å². The van der Waals surface area contributed by atoms with Crippen LogP contribution in [-0.2, 0) is 11.2 Å². The highest BCUT2D eigenvalue weighted by molar-refractivity contribution is 6.30. The summed E-state index contributed by atoms with van der Waals surface area (Å²) >= 11 is 5.87. The van der Waals surface area contributed by atoms with Gasteiger partial charge in [0.1, 0.15) is 0 Å². The molecule has 2 aromatic heterocycles. The molecule has 3 aromatic rings. The Labute approximate surface area is 145 Å². The minimum Gasteiger partial charge on any atom is -0.313 e. The molecule has 5 nitrogen and oxygen atoms in total. The van der Waals surface area contributed by atoms with Gasteiger partial charge in [0, 0.05) is 30.9 Å². The molecule has 0 aliphatic rings. The molecule has 0 unspecified atom stereocenters. The average Bonchev–Trinajstić information content (AvgIpc) is 3.11. The second-order valence-electron chi connectivity index (χ2n) is 5.43. The number of hydrogen-bond donors (Lipinski definition) is 0. The summed E-state index contributed by atoms with van der Waals surface area (Å²) in [4.78, 5) is 18.0. The van der Waals surface area contributed by atoms with Crippen molar-refractivity contribution in [2.24, 2.45) is 0 Å². The lowest BCUT2D eigenvalue weighted by atomic mass is 10.1. The van der Waals surface area contributed by atoms with Crippen LogP contribution in [0.1, 0.15) is 12.0 Å². The molecule has 0 fully saturated rings. The van der Waals surface area contributed by atoms with Crippen LogP contribution in [0.3, 0.4) is 0 Å². The van der Waals surface area contributed by atoms with Crippen molar-refractivity contribution in [2.75, 3.05) is 11.9 Å². The van der Waals surface area contributed by atoms with Crippen LogP contribution in [0.5, 0.6) is 0 Å². The fourth-order valence-corrected chi connectivity index (χ4v) is 2.46. The van der Waals surface area contributed by atoms with Crippen LogP contribution in [0.15, 0.2) is 61.2 Å². The lowest BCUT2D eigenvalue weighted by Gasteiger charge is -2.14. The molecule has 0 saturated carbocycles. The Kier molecular flexibility index (Phi) is 4.91. The number of carbonyl (C=O) groups is 1. The number of amides is 1. The molecule has 0 saturated heterocycles. The van der Waals surface area contributed by atoms with Crippen LogP contribution in [0.25, 0.3) is 5.69 Å². The van der Waals surface area contributed by atoms with Gasteiger partial charge in [-0.2, -0.15) is 5.10 Å². The molecule has 6 heteroatoms. The quantitative estimate of drug-likeness (QED) is 0.714. The first-order chi connectivity index (χ1) is 11.6. The van der Waals surface area contributed by atoms with Crippen molar-refractivity contribution in [1.29, 1.82) is 0 Å².